The van der Waals surface area contributed by atoms with Crippen molar-refractivity contribution in [2.24, 2.45) is 0 Å². The normalized spacial score (nSPS) is 6.43. The van der Waals surface area contributed by atoms with E-state index in [0.717, 1.165) is 19.3 Å². The molecule has 0 rings (SSSR count). The monoisotopic (exact) mass is 276 g/mol. The standard InChI is InChI=1S/C4H9.3C3H7.Zr/c1-4(2)3;3*1-3-2;/h1-3H3;3*1,3H2,2H3;/q4*-1;+4. The molecule has 0 amide bonds. The van der Waals surface area contributed by atoms with Crippen molar-refractivity contribution in [3.63, 3.8) is 0 Å². The van der Waals surface area contributed by atoms with Crippen molar-refractivity contribution in [2.45, 2.75) is 60.8 Å². The molecule has 0 nitrogen and oxygen atoms in total. The molecule has 1 heteroatoms. The molecule has 0 atom stereocenters. The predicted molar refractivity (Wildman–Crippen MR) is 67.2 cm³/mol. The van der Waals surface area contributed by atoms with Crippen LogP contribution in [-0.4, -0.2) is 0 Å². The van der Waals surface area contributed by atoms with E-state index in [2.05, 4.69) is 41.5 Å². The molecule has 0 N–H and O–H groups in total. The van der Waals surface area contributed by atoms with E-state index in [1.807, 2.05) is 20.8 Å². The van der Waals surface area contributed by atoms with E-state index in [9.17, 15) is 0 Å². The van der Waals surface area contributed by atoms with Crippen molar-refractivity contribution in [1.29, 1.82) is 0 Å². The first kappa shape index (κ1) is 29.4. The molecule has 0 unspecified atom stereocenters. The minimum atomic E-state index is 0. The second-order valence-electron chi connectivity index (χ2n) is 3.00. The van der Waals surface area contributed by atoms with Crippen LogP contribution in [0, 0.1) is 26.7 Å². The molecule has 0 aromatic heterocycles. The fourth-order valence-electron chi connectivity index (χ4n) is 0. The molecule has 0 saturated carbocycles. The van der Waals surface area contributed by atoms with Crippen molar-refractivity contribution < 1.29 is 26.2 Å². The summed E-state index contributed by atoms with van der Waals surface area (Å²) in [6.45, 7) is 22.8. The van der Waals surface area contributed by atoms with E-state index in [1.54, 1.807) is 0 Å². The minimum absolute atomic E-state index is 0. The summed E-state index contributed by atoms with van der Waals surface area (Å²) in [7, 11) is 0. The van der Waals surface area contributed by atoms with Gasteiger partial charge in [-0.05, 0) is 0 Å². The quantitative estimate of drug-likeness (QED) is 0.526. The van der Waals surface area contributed by atoms with Gasteiger partial charge in [0, 0.05) is 0 Å². The van der Waals surface area contributed by atoms with Crippen molar-refractivity contribution in [1.82, 2.24) is 0 Å². The van der Waals surface area contributed by atoms with Gasteiger partial charge in [0.15, 0.2) is 0 Å². The van der Waals surface area contributed by atoms with Crippen LogP contribution >= 0.6 is 0 Å². The van der Waals surface area contributed by atoms with Crippen LogP contribution in [0.15, 0.2) is 0 Å². The molecule has 14 heavy (non-hydrogen) atoms. The van der Waals surface area contributed by atoms with Crippen LogP contribution in [0.25, 0.3) is 0 Å². The van der Waals surface area contributed by atoms with Crippen LogP contribution in [0.4, 0.5) is 0 Å². The molecule has 0 spiro atoms. The SMILES string of the molecule is C[C-](C)C.[CH2-]CC.[CH2-]CC.[CH2-]CC.[Zr+4]. The minimum Gasteiger partial charge on any atom is -0.344 e. The Morgan fingerprint density at radius 2 is 0.714 bits per heavy atom. The first-order valence-corrected chi connectivity index (χ1v) is 5.12. The van der Waals surface area contributed by atoms with Crippen LogP contribution in [0.2, 0.25) is 0 Å². The molecule has 0 aromatic carbocycles. The zero-order chi connectivity index (χ0) is 11.7. The Labute approximate surface area is 113 Å². The van der Waals surface area contributed by atoms with Gasteiger partial charge in [-0.3, -0.25) is 0 Å². The van der Waals surface area contributed by atoms with E-state index in [4.69, 9.17) is 0 Å². The zero-order valence-corrected chi connectivity index (χ0v) is 13.7. The summed E-state index contributed by atoms with van der Waals surface area (Å²) < 4.78 is 0. The average Bonchev–Trinajstić information content (AvgIpc) is 1.88. The Bertz CT molecular complexity index is 26.7. The van der Waals surface area contributed by atoms with Crippen molar-refractivity contribution in [2.75, 3.05) is 0 Å². The Morgan fingerprint density at radius 1 is 0.714 bits per heavy atom. The molecule has 0 bridgehead atoms. The maximum absolute atomic E-state index is 3.49. The van der Waals surface area contributed by atoms with Gasteiger partial charge in [0.05, 0.1) is 0 Å². The average molecular weight is 278 g/mol. The molecule has 0 aliphatic rings. The van der Waals surface area contributed by atoms with Gasteiger partial charge in [0.2, 0.25) is 0 Å². The van der Waals surface area contributed by atoms with Gasteiger partial charge in [-0.25, -0.2) is 0 Å². The van der Waals surface area contributed by atoms with Gasteiger partial charge in [-0.15, -0.1) is 0 Å². The Morgan fingerprint density at radius 3 is 0.714 bits per heavy atom. The topological polar surface area (TPSA) is 0 Å². The second-order valence-corrected chi connectivity index (χ2v) is 3.00. The van der Waals surface area contributed by atoms with Crippen LogP contribution in [0.1, 0.15) is 60.8 Å². The van der Waals surface area contributed by atoms with E-state index < -0.39 is 0 Å². The molecular formula is C13H30Zr. The first-order valence-electron chi connectivity index (χ1n) is 5.12. The number of hydrogen-bond acceptors (Lipinski definition) is 0. The van der Waals surface area contributed by atoms with Gasteiger partial charge < -0.3 is 26.7 Å². The number of hydrogen-bond donors (Lipinski definition) is 0. The molecule has 0 saturated heterocycles. The fraction of sp³-hybridized carbons (Fsp3) is 0.692. The summed E-state index contributed by atoms with van der Waals surface area (Å²) in [6.07, 6.45) is 3.00. The van der Waals surface area contributed by atoms with Crippen LogP contribution in [0.3, 0.4) is 0 Å². The second kappa shape index (κ2) is 48.6. The third kappa shape index (κ3) is 2330. The summed E-state index contributed by atoms with van der Waals surface area (Å²) in [5, 5.41) is 0. The van der Waals surface area contributed by atoms with Crippen LogP contribution in [0.5, 0.6) is 0 Å². The van der Waals surface area contributed by atoms with Gasteiger partial charge in [-0.2, -0.15) is 40.0 Å². The zero-order valence-electron chi connectivity index (χ0n) is 11.2. The molecule has 0 heterocycles. The van der Waals surface area contributed by atoms with Gasteiger partial charge >= 0.3 is 26.2 Å². The van der Waals surface area contributed by atoms with Crippen molar-refractivity contribution in [3.8, 4) is 0 Å². The van der Waals surface area contributed by atoms with Gasteiger partial charge in [-0.1, -0.05) is 20.8 Å². The van der Waals surface area contributed by atoms with E-state index in [-0.39, 0.29) is 26.2 Å². The van der Waals surface area contributed by atoms with Crippen LogP contribution < -0.4 is 0 Å². The Hall–Kier alpha value is 0.883. The summed E-state index contributed by atoms with van der Waals surface area (Å²) >= 11 is 0. The maximum Gasteiger partial charge on any atom is 4.00 e. The summed E-state index contributed by atoms with van der Waals surface area (Å²) in [6, 6.07) is 0. The van der Waals surface area contributed by atoms with E-state index in [0.29, 0.717) is 0 Å². The van der Waals surface area contributed by atoms with Gasteiger partial charge in [0.1, 0.15) is 0 Å². The van der Waals surface area contributed by atoms with Crippen molar-refractivity contribution >= 4 is 0 Å². The molecule has 86 valence electrons. The predicted octanol–water partition coefficient (Wildman–Crippen LogP) is 5.31. The van der Waals surface area contributed by atoms with Crippen LogP contribution in [-0.2, 0) is 26.2 Å². The molecule has 0 aromatic rings. The smallest absolute Gasteiger partial charge is 0.344 e. The summed E-state index contributed by atoms with van der Waals surface area (Å²) in [4.78, 5) is 0. The fourth-order valence-corrected chi connectivity index (χ4v) is 0. The third-order valence-electron chi connectivity index (χ3n) is 0. The molecule has 0 radical (unpaired) electrons. The Balaban J connectivity index is -0.0000000254. The summed E-state index contributed by atoms with van der Waals surface area (Å²) in [5.41, 5.74) is 0. The molecule has 0 fully saturated rings. The summed E-state index contributed by atoms with van der Waals surface area (Å²) in [5.74, 6) is 1.42. The molecular weight excluding hydrogens is 247 g/mol. The first-order chi connectivity index (χ1) is 5.97. The molecule has 0 aliphatic heterocycles. The van der Waals surface area contributed by atoms with E-state index >= 15 is 0 Å². The number of rotatable bonds is 0. The van der Waals surface area contributed by atoms with Gasteiger partial charge in [0.25, 0.3) is 0 Å². The van der Waals surface area contributed by atoms with E-state index in [1.165, 1.54) is 5.92 Å². The molecule has 0 aliphatic carbocycles. The third-order valence-corrected chi connectivity index (χ3v) is 0. The Kier molecular flexibility index (Phi) is 102. The van der Waals surface area contributed by atoms with Crippen molar-refractivity contribution in [3.05, 3.63) is 26.7 Å². The largest absolute Gasteiger partial charge is 4.00 e. The maximum atomic E-state index is 3.49.